The van der Waals surface area contributed by atoms with E-state index >= 15 is 0 Å². The van der Waals surface area contributed by atoms with Gasteiger partial charge in [-0.25, -0.2) is 13.1 Å². The molecule has 0 bridgehead atoms. The molecular formula is C10H20N2O2S2. The highest BCUT2D eigenvalue weighted by Crippen LogP contribution is 2.19. The molecule has 0 aliphatic carbocycles. The van der Waals surface area contributed by atoms with Gasteiger partial charge in [-0.15, -0.1) is 0 Å². The van der Waals surface area contributed by atoms with E-state index in [2.05, 4.69) is 10.0 Å². The molecule has 2 N–H and O–H groups in total. The standard InChI is InChI=1S/C10H20N2O2S2/c13-16(14,10-3-5-11-6-4-10)12-9-2-1-7-15-8-9/h9-12H,1-8H2. The van der Waals surface area contributed by atoms with Gasteiger partial charge in [0.05, 0.1) is 5.25 Å². The first-order chi connectivity index (χ1) is 7.68. The summed E-state index contributed by atoms with van der Waals surface area (Å²) >= 11 is 1.85. The molecule has 2 fully saturated rings. The Morgan fingerprint density at radius 2 is 1.94 bits per heavy atom. The summed E-state index contributed by atoms with van der Waals surface area (Å²) in [5.74, 6) is 2.11. The van der Waals surface area contributed by atoms with Crippen molar-refractivity contribution < 1.29 is 8.42 Å². The Hall–Kier alpha value is 0.220. The summed E-state index contributed by atoms with van der Waals surface area (Å²) in [6.07, 6.45) is 3.62. The first kappa shape index (κ1) is 12.7. The number of hydrogen-bond acceptors (Lipinski definition) is 4. The fraction of sp³-hybridized carbons (Fsp3) is 1.00. The van der Waals surface area contributed by atoms with E-state index in [9.17, 15) is 8.42 Å². The quantitative estimate of drug-likeness (QED) is 0.782. The van der Waals surface area contributed by atoms with Gasteiger partial charge >= 0.3 is 0 Å². The summed E-state index contributed by atoms with van der Waals surface area (Å²) in [7, 11) is -3.09. The third-order valence-electron chi connectivity index (χ3n) is 3.22. The van der Waals surface area contributed by atoms with Gasteiger partial charge in [0.25, 0.3) is 0 Å². The SMILES string of the molecule is O=S(=O)(NC1CCCSC1)C1CCNCC1. The van der Waals surface area contributed by atoms with Crippen LogP contribution < -0.4 is 10.0 Å². The smallest absolute Gasteiger partial charge is 0.214 e. The Kier molecular flexibility index (Phi) is 4.52. The lowest BCUT2D eigenvalue weighted by Crippen LogP contribution is -2.46. The van der Waals surface area contributed by atoms with Crippen molar-refractivity contribution in [1.82, 2.24) is 10.0 Å². The van der Waals surface area contributed by atoms with Crippen molar-refractivity contribution in [2.45, 2.75) is 37.0 Å². The topological polar surface area (TPSA) is 58.2 Å². The van der Waals surface area contributed by atoms with Gasteiger partial charge in [0.1, 0.15) is 0 Å². The second kappa shape index (κ2) is 5.71. The van der Waals surface area contributed by atoms with Gasteiger partial charge in [-0.2, -0.15) is 11.8 Å². The van der Waals surface area contributed by atoms with Crippen LogP contribution in [-0.4, -0.2) is 44.3 Å². The van der Waals surface area contributed by atoms with Gasteiger partial charge in [-0.05, 0) is 44.5 Å². The molecule has 94 valence electrons. The molecule has 16 heavy (non-hydrogen) atoms. The maximum Gasteiger partial charge on any atom is 0.214 e. The predicted molar refractivity (Wildman–Crippen MR) is 68.3 cm³/mol. The molecule has 6 heteroatoms. The first-order valence-corrected chi connectivity index (χ1v) is 8.68. The second-order valence-electron chi connectivity index (χ2n) is 4.53. The Morgan fingerprint density at radius 1 is 1.19 bits per heavy atom. The zero-order valence-corrected chi connectivity index (χ0v) is 11.1. The molecule has 0 aromatic carbocycles. The van der Waals surface area contributed by atoms with Crippen molar-refractivity contribution >= 4 is 21.8 Å². The second-order valence-corrected chi connectivity index (χ2v) is 7.67. The Bertz CT molecular complexity index is 307. The largest absolute Gasteiger partial charge is 0.317 e. The minimum absolute atomic E-state index is 0.165. The van der Waals surface area contributed by atoms with Gasteiger partial charge in [0.15, 0.2) is 0 Å². The summed E-state index contributed by atoms with van der Waals surface area (Å²) < 4.78 is 27.1. The summed E-state index contributed by atoms with van der Waals surface area (Å²) in [5.41, 5.74) is 0. The van der Waals surface area contributed by atoms with Crippen LogP contribution in [0.15, 0.2) is 0 Å². The zero-order valence-electron chi connectivity index (χ0n) is 9.44. The fourth-order valence-electron chi connectivity index (χ4n) is 2.27. The highest BCUT2D eigenvalue weighted by atomic mass is 32.2. The van der Waals surface area contributed by atoms with Crippen LogP contribution in [0.25, 0.3) is 0 Å². The molecule has 2 aliphatic heterocycles. The Labute approximate surface area is 102 Å². The molecule has 1 unspecified atom stereocenters. The van der Waals surface area contributed by atoms with Gasteiger partial charge in [-0.3, -0.25) is 0 Å². The van der Waals surface area contributed by atoms with Gasteiger partial charge < -0.3 is 5.32 Å². The average Bonchev–Trinajstić information content (AvgIpc) is 2.31. The van der Waals surface area contributed by atoms with Crippen molar-refractivity contribution in [2.24, 2.45) is 0 Å². The van der Waals surface area contributed by atoms with E-state index in [1.807, 2.05) is 11.8 Å². The lowest BCUT2D eigenvalue weighted by atomic mass is 10.2. The summed E-state index contributed by atoms with van der Waals surface area (Å²) in [6, 6.07) is 0.165. The molecule has 0 aromatic rings. The van der Waals surface area contributed by atoms with Crippen molar-refractivity contribution in [1.29, 1.82) is 0 Å². The first-order valence-electron chi connectivity index (χ1n) is 5.98. The van der Waals surface area contributed by atoms with Crippen LogP contribution in [0, 0.1) is 0 Å². The number of nitrogens with one attached hydrogen (secondary N) is 2. The van der Waals surface area contributed by atoms with Crippen LogP contribution in [0.2, 0.25) is 0 Å². The third kappa shape index (κ3) is 3.35. The molecule has 0 radical (unpaired) electrons. The highest BCUT2D eigenvalue weighted by Gasteiger charge is 2.29. The molecule has 2 rings (SSSR count). The van der Waals surface area contributed by atoms with E-state index in [1.165, 1.54) is 5.75 Å². The molecule has 1 atom stereocenters. The summed E-state index contributed by atoms with van der Waals surface area (Å²) in [6.45, 7) is 1.65. The van der Waals surface area contributed by atoms with Crippen molar-refractivity contribution in [3.8, 4) is 0 Å². The van der Waals surface area contributed by atoms with Crippen LogP contribution in [-0.2, 0) is 10.0 Å². The van der Waals surface area contributed by atoms with Crippen molar-refractivity contribution in [3.63, 3.8) is 0 Å². The molecule has 4 nitrogen and oxygen atoms in total. The Morgan fingerprint density at radius 3 is 2.56 bits per heavy atom. The number of sulfonamides is 1. The lowest BCUT2D eigenvalue weighted by molar-refractivity contribution is 0.478. The molecule has 2 saturated heterocycles. The third-order valence-corrected chi connectivity index (χ3v) is 6.44. The van der Waals surface area contributed by atoms with E-state index in [1.54, 1.807) is 0 Å². The number of hydrogen-bond donors (Lipinski definition) is 2. The van der Waals surface area contributed by atoms with E-state index in [-0.39, 0.29) is 11.3 Å². The number of piperidine rings is 1. The maximum atomic E-state index is 12.1. The predicted octanol–water partition coefficient (Wildman–Crippen LogP) is 0.553. The summed E-state index contributed by atoms with van der Waals surface area (Å²) in [4.78, 5) is 0. The minimum Gasteiger partial charge on any atom is -0.317 e. The van der Waals surface area contributed by atoms with Crippen LogP contribution >= 0.6 is 11.8 Å². The molecule has 0 saturated carbocycles. The van der Waals surface area contributed by atoms with Crippen LogP contribution in [0.5, 0.6) is 0 Å². The zero-order chi connectivity index (χ0) is 11.4. The molecule has 2 aliphatic rings. The van der Waals surface area contributed by atoms with Crippen LogP contribution in [0.3, 0.4) is 0 Å². The van der Waals surface area contributed by atoms with Gasteiger partial charge in [-0.1, -0.05) is 0 Å². The molecule has 0 aromatic heterocycles. The van der Waals surface area contributed by atoms with E-state index in [0.29, 0.717) is 0 Å². The molecule has 0 spiro atoms. The molecule has 0 amide bonds. The normalized spacial score (nSPS) is 29.1. The van der Waals surface area contributed by atoms with E-state index in [0.717, 1.165) is 44.5 Å². The van der Waals surface area contributed by atoms with Gasteiger partial charge in [0.2, 0.25) is 10.0 Å². The molecular weight excluding hydrogens is 244 g/mol. The van der Waals surface area contributed by atoms with Crippen LogP contribution in [0.1, 0.15) is 25.7 Å². The average molecular weight is 264 g/mol. The summed E-state index contributed by atoms with van der Waals surface area (Å²) in [5, 5.41) is 3.01. The monoisotopic (exact) mass is 264 g/mol. The van der Waals surface area contributed by atoms with Crippen molar-refractivity contribution in [3.05, 3.63) is 0 Å². The minimum atomic E-state index is -3.09. The van der Waals surface area contributed by atoms with Crippen LogP contribution in [0.4, 0.5) is 0 Å². The molecule has 2 heterocycles. The number of thioether (sulfide) groups is 1. The highest BCUT2D eigenvalue weighted by molar-refractivity contribution is 7.99. The van der Waals surface area contributed by atoms with Crippen molar-refractivity contribution in [2.75, 3.05) is 24.6 Å². The van der Waals surface area contributed by atoms with E-state index in [4.69, 9.17) is 0 Å². The van der Waals surface area contributed by atoms with E-state index < -0.39 is 10.0 Å². The maximum absolute atomic E-state index is 12.1. The fourth-order valence-corrected chi connectivity index (χ4v) is 5.16. The number of rotatable bonds is 3. The Balaban J connectivity index is 1.90. The van der Waals surface area contributed by atoms with Gasteiger partial charge in [0, 0.05) is 11.8 Å². The lowest BCUT2D eigenvalue weighted by Gasteiger charge is -2.27.